The summed E-state index contributed by atoms with van der Waals surface area (Å²) >= 11 is 0. The van der Waals surface area contributed by atoms with E-state index in [1.54, 1.807) is 14.2 Å². The fourth-order valence-electron chi connectivity index (χ4n) is 2.01. The number of benzene rings is 1. The normalized spacial score (nSPS) is 11.9. The van der Waals surface area contributed by atoms with Gasteiger partial charge in [-0.05, 0) is 42.3 Å². The number of methoxy groups -OCH3 is 2. The lowest BCUT2D eigenvalue weighted by molar-refractivity contribution is 0.392. The molecule has 1 atom stereocenters. The first-order valence-electron chi connectivity index (χ1n) is 6.58. The molecule has 0 saturated heterocycles. The summed E-state index contributed by atoms with van der Waals surface area (Å²) in [5.41, 5.74) is 2.34. The number of hydrogen-bond donors (Lipinski definition) is 1. The molecule has 1 aromatic heterocycles. The van der Waals surface area contributed by atoms with Crippen molar-refractivity contribution >= 4 is 0 Å². The van der Waals surface area contributed by atoms with Gasteiger partial charge in [-0.3, -0.25) is 4.98 Å². The van der Waals surface area contributed by atoms with E-state index >= 15 is 0 Å². The number of pyridine rings is 1. The van der Waals surface area contributed by atoms with Crippen molar-refractivity contribution in [2.24, 2.45) is 0 Å². The zero-order valence-corrected chi connectivity index (χ0v) is 12.1. The standard InChI is InChI=1S/C16H20N2O2/c1-12(14-4-6-17-7-5-14)18-11-13-8-15(19-2)10-16(9-13)20-3/h4-10,12,18H,11H2,1-3H3/t12-/m1/s1. The molecular formula is C16H20N2O2. The minimum absolute atomic E-state index is 0.259. The Balaban J connectivity index is 2.03. The summed E-state index contributed by atoms with van der Waals surface area (Å²) in [6, 6.07) is 10.2. The van der Waals surface area contributed by atoms with Crippen molar-refractivity contribution in [2.75, 3.05) is 14.2 Å². The Morgan fingerprint density at radius 1 is 1.05 bits per heavy atom. The van der Waals surface area contributed by atoms with Gasteiger partial charge in [-0.25, -0.2) is 0 Å². The van der Waals surface area contributed by atoms with E-state index in [-0.39, 0.29) is 6.04 Å². The van der Waals surface area contributed by atoms with Crippen LogP contribution in [0.5, 0.6) is 11.5 Å². The van der Waals surface area contributed by atoms with Gasteiger partial charge >= 0.3 is 0 Å². The molecule has 4 heteroatoms. The van der Waals surface area contributed by atoms with Gasteiger partial charge in [-0.1, -0.05) is 0 Å². The molecule has 0 spiro atoms. The first-order valence-corrected chi connectivity index (χ1v) is 6.58. The number of nitrogens with one attached hydrogen (secondary N) is 1. The summed E-state index contributed by atoms with van der Waals surface area (Å²) in [6.45, 7) is 2.88. The molecule has 0 radical (unpaired) electrons. The third-order valence-corrected chi connectivity index (χ3v) is 3.23. The zero-order chi connectivity index (χ0) is 14.4. The molecule has 0 amide bonds. The van der Waals surface area contributed by atoms with Crippen LogP contribution in [0.15, 0.2) is 42.7 Å². The van der Waals surface area contributed by atoms with Crippen LogP contribution < -0.4 is 14.8 Å². The van der Waals surface area contributed by atoms with Crippen molar-refractivity contribution in [2.45, 2.75) is 19.5 Å². The van der Waals surface area contributed by atoms with Gasteiger partial charge < -0.3 is 14.8 Å². The van der Waals surface area contributed by atoms with E-state index in [9.17, 15) is 0 Å². The molecule has 1 N–H and O–H groups in total. The summed E-state index contributed by atoms with van der Waals surface area (Å²) in [5, 5.41) is 3.48. The van der Waals surface area contributed by atoms with Crippen LogP contribution in [-0.2, 0) is 6.54 Å². The highest BCUT2D eigenvalue weighted by Gasteiger charge is 2.06. The van der Waals surface area contributed by atoms with Gasteiger partial charge in [0.15, 0.2) is 0 Å². The summed E-state index contributed by atoms with van der Waals surface area (Å²) in [5.74, 6) is 1.61. The lowest BCUT2D eigenvalue weighted by Crippen LogP contribution is -2.18. The molecule has 1 heterocycles. The Kier molecular flexibility index (Phi) is 4.96. The second kappa shape index (κ2) is 6.91. The number of aromatic nitrogens is 1. The first kappa shape index (κ1) is 14.3. The molecule has 0 aliphatic rings. The Hall–Kier alpha value is -2.07. The van der Waals surface area contributed by atoms with Gasteiger partial charge in [0.1, 0.15) is 11.5 Å². The molecular weight excluding hydrogens is 252 g/mol. The van der Waals surface area contributed by atoms with Crippen LogP contribution in [0, 0.1) is 0 Å². The van der Waals surface area contributed by atoms with Gasteiger partial charge in [0.25, 0.3) is 0 Å². The quantitative estimate of drug-likeness (QED) is 0.878. The molecule has 0 fully saturated rings. The molecule has 1 aromatic carbocycles. The fraction of sp³-hybridized carbons (Fsp3) is 0.312. The van der Waals surface area contributed by atoms with Crippen LogP contribution in [-0.4, -0.2) is 19.2 Å². The Labute approximate surface area is 119 Å². The van der Waals surface area contributed by atoms with Gasteiger partial charge in [0.2, 0.25) is 0 Å². The summed E-state index contributed by atoms with van der Waals surface area (Å²) in [7, 11) is 3.32. The van der Waals surface area contributed by atoms with Gasteiger partial charge in [0, 0.05) is 31.0 Å². The summed E-state index contributed by atoms with van der Waals surface area (Å²) in [4.78, 5) is 4.03. The van der Waals surface area contributed by atoms with Crippen molar-refractivity contribution in [3.05, 3.63) is 53.9 Å². The fourth-order valence-corrected chi connectivity index (χ4v) is 2.01. The average molecular weight is 272 g/mol. The molecule has 20 heavy (non-hydrogen) atoms. The molecule has 106 valence electrons. The van der Waals surface area contributed by atoms with E-state index in [2.05, 4.69) is 17.2 Å². The van der Waals surface area contributed by atoms with Crippen molar-refractivity contribution < 1.29 is 9.47 Å². The van der Waals surface area contributed by atoms with Crippen molar-refractivity contribution in [3.63, 3.8) is 0 Å². The average Bonchev–Trinajstić information content (AvgIpc) is 2.53. The van der Waals surface area contributed by atoms with Gasteiger partial charge in [0.05, 0.1) is 14.2 Å². The number of ether oxygens (including phenoxy) is 2. The lowest BCUT2D eigenvalue weighted by Gasteiger charge is -2.15. The SMILES string of the molecule is COc1cc(CN[C@H](C)c2ccncc2)cc(OC)c1. The lowest BCUT2D eigenvalue weighted by atomic mass is 10.1. The molecule has 0 bridgehead atoms. The van der Waals surface area contributed by atoms with Crippen LogP contribution in [0.1, 0.15) is 24.1 Å². The predicted octanol–water partition coefficient (Wildman–Crippen LogP) is 2.95. The highest BCUT2D eigenvalue weighted by atomic mass is 16.5. The van der Waals surface area contributed by atoms with Crippen LogP contribution in [0.4, 0.5) is 0 Å². The van der Waals surface area contributed by atoms with E-state index in [1.807, 2.05) is 42.7 Å². The van der Waals surface area contributed by atoms with Crippen LogP contribution >= 0.6 is 0 Å². The highest BCUT2D eigenvalue weighted by molar-refractivity contribution is 5.38. The Morgan fingerprint density at radius 3 is 2.20 bits per heavy atom. The second-order valence-corrected chi connectivity index (χ2v) is 4.60. The second-order valence-electron chi connectivity index (χ2n) is 4.60. The largest absolute Gasteiger partial charge is 0.497 e. The maximum absolute atomic E-state index is 5.27. The van der Waals surface area contributed by atoms with E-state index < -0.39 is 0 Å². The third kappa shape index (κ3) is 3.71. The van der Waals surface area contributed by atoms with E-state index in [0.29, 0.717) is 0 Å². The molecule has 0 aliphatic carbocycles. The van der Waals surface area contributed by atoms with Crippen molar-refractivity contribution in [3.8, 4) is 11.5 Å². The van der Waals surface area contributed by atoms with Crippen LogP contribution in [0.3, 0.4) is 0 Å². The molecule has 2 aromatic rings. The smallest absolute Gasteiger partial charge is 0.122 e. The Bertz CT molecular complexity index is 521. The van der Waals surface area contributed by atoms with Gasteiger partial charge in [-0.2, -0.15) is 0 Å². The third-order valence-electron chi connectivity index (χ3n) is 3.23. The molecule has 0 aliphatic heterocycles. The van der Waals surface area contributed by atoms with Gasteiger partial charge in [-0.15, -0.1) is 0 Å². The van der Waals surface area contributed by atoms with E-state index in [0.717, 1.165) is 23.6 Å². The predicted molar refractivity (Wildman–Crippen MR) is 79.0 cm³/mol. The van der Waals surface area contributed by atoms with Crippen LogP contribution in [0.2, 0.25) is 0 Å². The summed E-state index contributed by atoms with van der Waals surface area (Å²) in [6.07, 6.45) is 3.62. The zero-order valence-electron chi connectivity index (χ0n) is 12.1. The molecule has 0 saturated carbocycles. The topological polar surface area (TPSA) is 43.4 Å². The molecule has 0 unspecified atom stereocenters. The first-order chi connectivity index (χ1) is 9.72. The summed E-state index contributed by atoms with van der Waals surface area (Å²) < 4.78 is 10.5. The number of rotatable bonds is 6. The molecule has 4 nitrogen and oxygen atoms in total. The molecule has 2 rings (SSSR count). The minimum atomic E-state index is 0.259. The number of hydrogen-bond acceptors (Lipinski definition) is 4. The van der Waals surface area contributed by atoms with Crippen molar-refractivity contribution in [1.82, 2.24) is 10.3 Å². The van der Waals surface area contributed by atoms with Crippen LogP contribution in [0.25, 0.3) is 0 Å². The monoisotopic (exact) mass is 272 g/mol. The Morgan fingerprint density at radius 2 is 1.65 bits per heavy atom. The van der Waals surface area contributed by atoms with Crippen molar-refractivity contribution in [1.29, 1.82) is 0 Å². The van der Waals surface area contributed by atoms with E-state index in [4.69, 9.17) is 9.47 Å². The minimum Gasteiger partial charge on any atom is -0.497 e. The maximum Gasteiger partial charge on any atom is 0.122 e. The highest BCUT2D eigenvalue weighted by Crippen LogP contribution is 2.23. The number of nitrogens with zero attached hydrogens (tertiary/aromatic N) is 1. The van der Waals surface area contributed by atoms with E-state index in [1.165, 1.54) is 5.56 Å². The maximum atomic E-state index is 5.27.